The fourth-order valence-electron chi connectivity index (χ4n) is 2.31. The van der Waals surface area contributed by atoms with Gasteiger partial charge >= 0.3 is 0 Å². The first-order valence-corrected chi connectivity index (χ1v) is 8.23. The predicted molar refractivity (Wildman–Crippen MR) is 92.9 cm³/mol. The van der Waals surface area contributed by atoms with Crippen LogP contribution in [-0.2, 0) is 13.0 Å². The molecule has 1 aromatic heterocycles. The van der Waals surface area contributed by atoms with E-state index in [4.69, 9.17) is 4.98 Å². The van der Waals surface area contributed by atoms with E-state index in [1.165, 1.54) is 17.7 Å². The van der Waals surface area contributed by atoms with Crippen molar-refractivity contribution in [3.05, 3.63) is 36.0 Å². The number of hydrogen-bond donors (Lipinski definition) is 1. The first-order valence-electron chi connectivity index (χ1n) is 8.23. The van der Waals surface area contributed by atoms with E-state index in [2.05, 4.69) is 49.8 Å². The van der Waals surface area contributed by atoms with Crippen LogP contribution in [0.2, 0.25) is 0 Å². The monoisotopic (exact) mass is 289 g/mol. The smallest absolute Gasteiger partial charge is 0.128 e. The summed E-state index contributed by atoms with van der Waals surface area (Å²) in [5.74, 6) is 1.10. The summed E-state index contributed by atoms with van der Waals surface area (Å²) in [6.45, 7) is 11.2. The second kappa shape index (κ2) is 10.4. The lowest BCUT2D eigenvalue weighted by atomic mass is 10.1. The van der Waals surface area contributed by atoms with Crippen LogP contribution in [0.3, 0.4) is 0 Å². The highest BCUT2D eigenvalue weighted by atomic mass is 15.2. The molecule has 0 aliphatic rings. The Morgan fingerprint density at radius 3 is 2.76 bits per heavy atom. The van der Waals surface area contributed by atoms with Crippen LogP contribution in [0.1, 0.15) is 50.8 Å². The predicted octanol–water partition coefficient (Wildman–Crippen LogP) is 3.94. The van der Waals surface area contributed by atoms with Crippen LogP contribution < -0.4 is 10.2 Å². The van der Waals surface area contributed by atoms with Gasteiger partial charge in [0.05, 0.1) is 0 Å². The van der Waals surface area contributed by atoms with Crippen molar-refractivity contribution in [3.63, 3.8) is 0 Å². The number of unbranched alkanes of at least 4 members (excludes halogenated alkanes) is 1. The standard InChI is InChI=1S/C18H31N3/c1-5-8-9-12-21(4)18-14-16(15-19-11-7-3)13-17(20-18)10-6-2/h5,13-14,19H,1,6-12,15H2,2-4H3. The summed E-state index contributed by atoms with van der Waals surface area (Å²) in [5, 5.41) is 3.48. The van der Waals surface area contributed by atoms with E-state index >= 15 is 0 Å². The van der Waals surface area contributed by atoms with E-state index in [-0.39, 0.29) is 0 Å². The zero-order valence-electron chi connectivity index (χ0n) is 14.0. The van der Waals surface area contributed by atoms with Gasteiger partial charge in [-0.1, -0.05) is 26.3 Å². The van der Waals surface area contributed by atoms with Gasteiger partial charge in [-0.25, -0.2) is 4.98 Å². The van der Waals surface area contributed by atoms with Gasteiger partial charge in [0.2, 0.25) is 0 Å². The van der Waals surface area contributed by atoms with Crippen molar-refractivity contribution < 1.29 is 0 Å². The quantitative estimate of drug-likeness (QED) is 0.494. The van der Waals surface area contributed by atoms with Crippen molar-refractivity contribution in [2.45, 2.75) is 52.5 Å². The van der Waals surface area contributed by atoms with Crippen molar-refractivity contribution in [1.29, 1.82) is 0 Å². The van der Waals surface area contributed by atoms with Gasteiger partial charge in [-0.3, -0.25) is 0 Å². The van der Waals surface area contributed by atoms with Crippen molar-refractivity contribution in [3.8, 4) is 0 Å². The molecule has 3 nitrogen and oxygen atoms in total. The third-order valence-corrected chi connectivity index (χ3v) is 3.48. The maximum Gasteiger partial charge on any atom is 0.128 e. The molecule has 1 N–H and O–H groups in total. The van der Waals surface area contributed by atoms with E-state index in [0.29, 0.717) is 0 Å². The van der Waals surface area contributed by atoms with Crippen molar-refractivity contribution in [2.24, 2.45) is 0 Å². The van der Waals surface area contributed by atoms with E-state index in [1.807, 2.05) is 6.08 Å². The number of rotatable bonds is 11. The molecule has 0 aliphatic carbocycles. The number of pyridine rings is 1. The van der Waals surface area contributed by atoms with Crippen LogP contribution in [0.15, 0.2) is 24.8 Å². The maximum atomic E-state index is 4.80. The van der Waals surface area contributed by atoms with Crippen LogP contribution in [0.5, 0.6) is 0 Å². The zero-order valence-corrected chi connectivity index (χ0v) is 14.0. The second-order valence-electron chi connectivity index (χ2n) is 5.60. The molecule has 0 atom stereocenters. The van der Waals surface area contributed by atoms with Gasteiger partial charge in [0.15, 0.2) is 0 Å². The summed E-state index contributed by atoms with van der Waals surface area (Å²) in [5.41, 5.74) is 2.55. The van der Waals surface area contributed by atoms with Crippen molar-refractivity contribution in [1.82, 2.24) is 10.3 Å². The van der Waals surface area contributed by atoms with Crippen LogP contribution in [-0.4, -0.2) is 25.1 Å². The largest absolute Gasteiger partial charge is 0.360 e. The Morgan fingerprint density at radius 2 is 2.10 bits per heavy atom. The van der Waals surface area contributed by atoms with Gasteiger partial charge in [0, 0.05) is 25.8 Å². The van der Waals surface area contributed by atoms with E-state index in [1.54, 1.807) is 0 Å². The molecule has 0 radical (unpaired) electrons. The van der Waals surface area contributed by atoms with Crippen LogP contribution in [0.4, 0.5) is 5.82 Å². The molecule has 1 heterocycles. The molecule has 118 valence electrons. The number of nitrogens with zero attached hydrogens (tertiary/aromatic N) is 2. The minimum atomic E-state index is 0.931. The molecular formula is C18H31N3. The average Bonchev–Trinajstić information content (AvgIpc) is 2.48. The molecule has 1 aromatic rings. The second-order valence-corrected chi connectivity index (χ2v) is 5.60. The van der Waals surface area contributed by atoms with Crippen LogP contribution >= 0.6 is 0 Å². The number of nitrogens with one attached hydrogen (secondary N) is 1. The Hall–Kier alpha value is -1.35. The highest BCUT2D eigenvalue weighted by Gasteiger charge is 2.07. The van der Waals surface area contributed by atoms with Crippen molar-refractivity contribution in [2.75, 3.05) is 25.0 Å². The number of aryl methyl sites for hydroxylation is 1. The molecule has 0 saturated heterocycles. The maximum absolute atomic E-state index is 4.80. The Kier molecular flexibility index (Phi) is 8.76. The lowest BCUT2D eigenvalue weighted by molar-refractivity contribution is 0.673. The normalized spacial score (nSPS) is 10.6. The van der Waals surface area contributed by atoms with Crippen LogP contribution in [0, 0.1) is 0 Å². The Labute approximate surface area is 130 Å². The molecular weight excluding hydrogens is 258 g/mol. The van der Waals surface area contributed by atoms with Crippen LogP contribution in [0.25, 0.3) is 0 Å². The summed E-state index contributed by atoms with van der Waals surface area (Å²) < 4.78 is 0. The first kappa shape index (κ1) is 17.7. The Balaban J connectivity index is 2.77. The number of aromatic nitrogens is 1. The van der Waals surface area contributed by atoms with Crippen molar-refractivity contribution >= 4 is 5.82 Å². The topological polar surface area (TPSA) is 28.2 Å². The molecule has 0 amide bonds. The number of allylic oxidation sites excluding steroid dienone is 1. The summed E-state index contributed by atoms with van der Waals surface area (Å²) >= 11 is 0. The molecule has 3 heteroatoms. The van der Waals surface area contributed by atoms with Gasteiger partial charge in [-0.05, 0) is 49.9 Å². The third-order valence-electron chi connectivity index (χ3n) is 3.48. The average molecular weight is 289 g/mol. The lowest BCUT2D eigenvalue weighted by Gasteiger charge is -2.20. The first-order chi connectivity index (χ1) is 10.2. The molecule has 0 fully saturated rings. The Bertz CT molecular complexity index is 415. The van der Waals surface area contributed by atoms with E-state index < -0.39 is 0 Å². The number of anilines is 1. The van der Waals surface area contributed by atoms with E-state index in [0.717, 1.165) is 51.1 Å². The molecule has 0 unspecified atom stereocenters. The summed E-state index contributed by atoms with van der Waals surface area (Å²) in [7, 11) is 2.13. The highest BCUT2D eigenvalue weighted by Crippen LogP contribution is 2.16. The molecule has 21 heavy (non-hydrogen) atoms. The Morgan fingerprint density at radius 1 is 1.29 bits per heavy atom. The van der Waals surface area contributed by atoms with Gasteiger partial charge in [-0.15, -0.1) is 6.58 Å². The van der Waals surface area contributed by atoms with Gasteiger partial charge < -0.3 is 10.2 Å². The highest BCUT2D eigenvalue weighted by molar-refractivity contribution is 5.42. The van der Waals surface area contributed by atoms with Gasteiger partial charge in [0.25, 0.3) is 0 Å². The zero-order chi connectivity index (χ0) is 15.5. The van der Waals surface area contributed by atoms with Gasteiger partial charge in [-0.2, -0.15) is 0 Å². The third kappa shape index (κ3) is 6.76. The summed E-state index contributed by atoms with van der Waals surface area (Å²) in [6, 6.07) is 4.46. The summed E-state index contributed by atoms with van der Waals surface area (Å²) in [6.07, 6.45) is 7.52. The lowest BCUT2D eigenvalue weighted by Crippen LogP contribution is -2.21. The van der Waals surface area contributed by atoms with E-state index in [9.17, 15) is 0 Å². The molecule has 0 aliphatic heterocycles. The SMILES string of the molecule is C=CCCCN(C)c1cc(CNCCC)cc(CCC)n1. The minimum Gasteiger partial charge on any atom is -0.360 e. The fraction of sp³-hybridized carbons (Fsp3) is 0.611. The molecule has 1 rings (SSSR count). The number of hydrogen-bond acceptors (Lipinski definition) is 3. The molecule has 0 bridgehead atoms. The fourth-order valence-corrected chi connectivity index (χ4v) is 2.31. The molecule has 0 aromatic carbocycles. The molecule has 0 spiro atoms. The minimum absolute atomic E-state index is 0.931. The van der Waals surface area contributed by atoms with Gasteiger partial charge in [0.1, 0.15) is 5.82 Å². The summed E-state index contributed by atoms with van der Waals surface area (Å²) in [4.78, 5) is 7.06. The molecule has 0 saturated carbocycles.